The second-order valence-corrected chi connectivity index (χ2v) is 4.15. The SMILES string of the molecule is Cc1oc(-c2ccc(Cl)cc2)cc1C(=O)CN. The van der Waals surface area contributed by atoms with Gasteiger partial charge in [-0.05, 0) is 37.3 Å². The standard InChI is InChI=1S/C13H12ClNO2/c1-8-11(12(16)7-15)6-13(17-8)9-2-4-10(14)5-3-9/h2-6H,7,15H2,1H3. The molecule has 0 aliphatic carbocycles. The summed E-state index contributed by atoms with van der Waals surface area (Å²) in [6.07, 6.45) is 0. The van der Waals surface area contributed by atoms with Crippen LogP contribution in [-0.2, 0) is 0 Å². The molecule has 2 rings (SSSR count). The van der Waals surface area contributed by atoms with E-state index in [2.05, 4.69) is 0 Å². The molecule has 0 radical (unpaired) electrons. The van der Waals surface area contributed by atoms with Gasteiger partial charge in [0.1, 0.15) is 11.5 Å². The summed E-state index contributed by atoms with van der Waals surface area (Å²) in [5.74, 6) is 1.12. The van der Waals surface area contributed by atoms with Gasteiger partial charge in [-0.3, -0.25) is 4.79 Å². The molecule has 0 bridgehead atoms. The number of Topliss-reactive ketones (excluding diaryl/α,β-unsaturated/α-hetero) is 1. The van der Waals surface area contributed by atoms with Gasteiger partial charge in [0.05, 0.1) is 12.1 Å². The summed E-state index contributed by atoms with van der Waals surface area (Å²) >= 11 is 5.81. The number of rotatable bonds is 3. The van der Waals surface area contributed by atoms with Crippen LogP contribution in [0.3, 0.4) is 0 Å². The number of carbonyl (C=O) groups is 1. The minimum Gasteiger partial charge on any atom is -0.461 e. The minimum atomic E-state index is -0.119. The highest BCUT2D eigenvalue weighted by atomic mass is 35.5. The maximum atomic E-state index is 11.5. The predicted octanol–water partition coefficient (Wildman–Crippen LogP) is 3.05. The molecule has 2 N–H and O–H groups in total. The average Bonchev–Trinajstić information content (AvgIpc) is 2.71. The number of hydrogen-bond donors (Lipinski definition) is 1. The highest BCUT2D eigenvalue weighted by Gasteiger charge is 2.14. The molecular weight excluding hydrogens is 238 g/mol. The van der Waals surface area contributed by atoms with Gasteiger partial charge >= 0.3 is 0 Å². The van der Waals surface area contributed by atoms with Crippen molar-refractivity contribution in [2.24, 2.45) is 5.73 Å². The van der Waals surface area contributed by atoms with Crippen molar-refractivity contribution < 1.29 is 9.21 Å². The summed E-state index contributed by atoms with van der Waals surface area (Å²) in [4.78, 5) is 11.5. The van der Waals surface area contributed by atoms with Crippen molar-refractivity contribution in [1.29, 1.82) is 0 Å². The van der Waals surface area contributed by atoms with Gasteiger partial charge in [-0.2, -0.15) is 0 Å². The van der Waals surface area contributed by atoms with Crippen LogP contribution in [0.4, 0.5) is 0 Å². The number of furan rings is 1. The lowest BCUT2D eigenvalue weighted by atomic mass is 10.1. The van der Waals surface area contributed by atoms with Crippen LogP contribution in [0.2, 0.25) is 5.02 Å². The van der Waals surface area contributed by atoms with E-state index < -0.39 is 0 Å². The predicted molar refractivity (Wildman–Crippen MR) is 67.3 cm³/mol. The molecule has 0 spiro atoms. The van der Waals surface area contributed by atoms with E-state index in [1.54, 1.807) is 25.1 Å². The Balaban J connectivity index is 2.41. The molecule has 0 unspecified atom stereocenters. The Morgan fingerprint density at radius 3 is 2.59 bits per heavy atom. The van der Waals surface area contributed by atoms with E-state index in [9.17, 15) is 4.79 Å². The molecule has 0 amide bonds. The summed E-state index contributed by atoms with van der Waals surface area (Å²) in [6.45, 7) is 1.74. The monoisotopic (exact) mass is 249 g/mol. The molecule has 1 aromatic heterocycles. The number of ketones is 1. The topological polar surface area (TPSA) is 56.2 Å². The van der Waals surface area contributed by atoms with Crippen LogP contribution < -0.4 is 5.73 Å². The summed E-state index contributed by atoms with van der Waals surface area (Å²) in [5.41, 5.74) is 6.75. The second kappa shape index (κ2) is 4.73. The third-order valence-corrected chi connectivity index (χ3v) is 2.78. The van der Waals surface area contributed by atoms with Crippen LogP contribution in [0.5, 0.6) is 0 Å². The van der Waals surface area contributed by atoms with Crippen LogP contribution in [0.15, 0.2) is 34.7 Å². The van der Waals surface area contributed by atoms with Crippen molar-refractivity contribution in [3.8, 4) is 11.3 Å². The molecule has 4 heteroatoms. The minimum absolute atomic E-state index is 0.0135. The van der Waals surface area contributed by atoms with E-state index in [-0.39, 0.29) is 12.3 Å². The Kier molecular flexibility index (Phi) is 3.31. The number of carbonyl (C=O) groups excluding carboxylic acids is 1. The first kappa shape index (κ1) is 11.9. The fourth-order valence-electron chi connectivity index (χ4n) is 1.63. The molecule has 2 aromatic rings. The average molecular weight is 250 g/mol. The molecule has 0 saturated carbocycles. The molecule has 88 valence electrons. The lowest BCUT2D eigenvalue weighted by Gasteiger charge is -1.95. The lowest BCUT2D eigenvalue weighted by molar-refractivity contribution is 0.1000. The number of nitrogens with two attached hydrogens (primary N) is 1. The van der Waals surface area contributed by atoms with Crippen LogP contribution in [0.25, 0.3) is 11.3 Å². The summed E-state index contributed by atoms with van der Waals surface area (Å²) < 4.78 is 5.54. The van der Waals surface area contributed by atoms with Crippen LogP contribution in [0, 0.1) is 6.92 Å². The number of benzene rings is 1. The molecule has 17 heavy (non-hydrogen) atoms. The fourth-order valence-corrected chi connectivity index (χ4v) is 1.75. The third-order valence-electron chi connectivity index (χ3n) is 2.53. The van der Waals surface area contributed by atoms with E-state index in [4.69, 9.17) is 21.8 Å². The van der Waals surface area contributed by atoms with Crippen molar-refractivity contribution in [3.63, 3.8) is 0 Å². The Morgan fingerprint density at radius 2 is 2.00 bits per heavy atom. The maximum Gasteiger partial charge on any atom is 0.179 e. The molecule has 0 fully saturated rings. The molecule has 1 aromatic carbocycles. The van der Waals surface area contributed by atoms with Gasteiger partial charge < -0.3 is 10.2 Å². The zero-order valence-corrected chi connectivity index (χ0v) is 10.1. The van der Waals surface area contributed by atoms with Gasteiger partial charge in [-0.1, -0.05) is 11.6 Å². The summed E-state index contributed by atoms with van der Waals surface area (Å²) in [6, 6.07) is 8.96. The molecule has 3 nitrogen and oxygen atoms in total. The first-order valence-corrected chi connectivity index (χ1v) is 5.59. The van der Waals surface area contributed by atoms with E-state index in [1.165, 1.54) is 0 Å². The van der Waals surface area contributed by atoms with Gasteiger partial charge in [0.2, 0.25) is 0 Å². The zero-order valence-electron chi connectivity index (χ0n) is 9.37. The van der Waals surface area contributed by atoms with E-state index in [1.807, 2.05) is 12.1 Å². The Morgan fingerprint density at radius 1 is 1.35 bits per heavy atom. The number of aryl methyl sites for hydroxylation is 1. The molecular formula is C13H12ClNO2. The quantitative estimate of drug-likeness (QED) is 0.851. The Bertz CT molecular complexity index is 543. The first-order valence-electron chi connectivity index (χ1n) is 5.21. The molecule has 0 aliphatic heterocycles. The highest BCUT2D eigenvalue weighted by molar-refractivity contribution is 6.30. The normalized spacial score (nSPS) is 10.5. The second-order valence-electron chi connectivity index (χ2n) is 3.71. The van der Waals surface area contributed by atoms with Gasteiger partial charge in [-0.25, -0.2) is 0 Å². The van der Waals surface area contributed by atoms with Gasteiger partial charge in [-0.15, -0.1) is 0 Å². The lowest BCUT2D eigenvalue weighted by Crippen LogP contribution is -2.13. The Hall–Kier alpha value is -1.58. The van der Waals surface area contributed by atoms with Crippen molar-refractivity contribution in [2.75, 3.05) is 6.54 Å². The summed E-state index contributed by atoms with van der Waals surface area (Å²) in [7, 11) is 0. The highest BCUT2D eigenvalue weighted by Crippen LogP contribution is 2.26. The zero-order chi connectivity index (χ0) is 12.4. The fraction of sp³-hybridized carbons (Fsp3) is 0.154. The molecule has 0 aliphatic rings. The van der Waals surface area contributed by atoms with Crippen LogP contribution in [0.1, 0.15) is 16.1 Å². The number of halogens is 1. The van der Waals surface area contributed by atoms with Crippen molar-refractivity contribution in [2.45, 2.75) is 6.92 Å². The molecule has 1 heterocycles. The van der Waals surface area contributed by atoms with E-state index >= 15 is 0 Å². The number of hydrogen-bond acceptors (Lipinski definition) is 3. The maximum absolute atomic E-state index is 11.5. The van der Waals surface area contributed by atoms with Crippen molar-refractivity contribution in [3.05, 3.63) is 46.7 Å². The largest absolute Gasteiger partial charge is 0.461 e. The van der Waals surface area contributed by atoms with Crippen molar-refractivity contribution in [1.82, 2.24) is 0 Å². The van der Waals surface area contributed by atoms with E-state index in [0.717, 1.165) is 5.56 Å². The van der Waals surface area contributed by atoms with Gasteiger partial charge in [0, 0.05) is 10.6 Å². The first-order chi connectivity index (χ1) is 8.11. The van der Waals surface area contributed by atoms with E-state index in [0.29, 0.717) is 22.1 Å². The third kappa shape index (κ3) is 2.40. The van der Waals surface area contributed by atoms with Crippen LogP contribution in [-0.4, -0.2) is 12.3 Å². The smallest absolute Gasteiger partial charge is 0.179 e. The summed E-state index contributed by atoms with van der Waals surface area (Å²) in [5, 5.41) is 0.662. The Labute approximate surface area is 104 Å². The van der Waals surface area contributed by atoms with Crippen molar-refractivity contribution >= 4 is 17.4 Å². The van der Waals surface area contributed by atoms with Crippen LogP contribution >= 0.6 is 11.6 Å². The van der Waals surface area contributed by atoms with Gasteiger partial charge in [0.25, 0.3) is 0 Å². The molecule has 0 saturated heterocycles. The molecule has 0 atom stereocenters. The van der Waals surface area contributed by atoms with Gasteiger partial charge in [0.15, 0.2) is 5.78 Å².